The Morgan fingerprint density at radius 2 is 1.83 bits per heavy atom. The number of hydrogen-bond acceptors (Lipinski definition) is 5. The Morgan fingerprint density at radius 1 is 1.13 bits per heavy atom. The van der Waals surface area contributed by atoms with E-state index in [1.165, 1.54) is 17.3 Å². The summed E-state index contributed by atoms with van der Waals surface area (Å²) in [5.74, 6) is 0.0465. The average molecular weight is 420 g/mol. The molecule has 2 aromatic rings. The van der Waals surface area contributed by atoms with Gasteiger partial charge in [0.15, 0.2) is 11.4 Å². The lowest BCUT2D eigenvalue weighted by Crippen LogP contribution is -2.48. The number of hydrogen-bond donors (Lipinski definition) is 1. The molecule has 0 saturated carbocycles. The van der Waals surface area contributed by atoms with E-state index in [1.54, 1.807) is 24.3 Å². The Hall–Kier alpha value is -3.08. The molecule has 0 unspecified atom stereocenters. The maximum Gasteiger partial charge on any atom is 0.253 e. The van der Waals surface area contributed by atoms with Gasteiger partial charge in [-0.25, -0.2) is 4.99 Å². The van der Waals surface area contributed by atoms with Crippen LogP contribution in [0.4, 0.5) is 5.69 Å². The zero-order valence-electron chi connectivity index (χ0n) is 17.0. The standard InChI is InChI=1S/C23H25N5OS/c1-30-23(25-18-24)26-21-11-9-20(10-12-21)22(29)28-16-14-27(15-17-28)13-5-8-19-6-3-2-4-7-19/h2-12H,13-17H2,1H3,(H,25,26). The fourth-order valence-corrected chi connectivity index (χ4v) is 3.53. The molecule has 1 aliphatic rings. The molecule has 154 valence electrons. The van der Waals surface area contributed by atoms with Crippen LogP contribution in [-0.4, -0.2) is 59.9 Å². The largest absolute Gasteiger partial charge is 0.336 e. The van der Waals surface area contributed by atoms with Crippen molar-refractivity contribution in [3.05, 3.63) is 71.8 Å². The topological polar surface area (TPSA) is 71.7 Å². The van der Waals surface area contributed by atoms with E-state index in [1.807, 2.05) is 35.5 Å². The van der Waals surface area contributed by atoms with Crippen molar-refractivity contribution in [2.45, 2.75) is 0 Å². The minimum absolute atomic E-state index is 0.0465. The first-order valence-electron chi connectivity index (χ1n) is 9.80. The van der Waals surface area contributed by atoms with Gasteiger partial charge < -0.3 is 4.90 Å². The molecule has 0 atom stereocenters. The maximum atomic E-state index is 12.8. The van der Waals surface area contributed by atoms with E-state index < -0.39 is 0 Å². The molecular weight excluding hydrogens is 394 g/mol. The number of nitrogens with zero attached hydrogens (tertiary/aromatic N) is 4. The van der Waals surface area contributed by atoms with Crippen LogP contribution in [0.3, 0.4) is 0 Å². The molecule has 30 heavy (non-hydrogen) atoms. The lowest BCUT2D eigenvalue weighted by molar-refractivity contribution is 0.0650. The normalized spacial score (nSPS) is 15.2. The molecule has 7 heteroatoms. The minimum Gasteiger partial charge on any atom is -0.336 e. The second kappa shape index (κ2) is 11.2. The van der Waals surface area contributed by atoms with Crippen LogP contribution in [0.2, 0.25) is 0 Å². The summed E-state index contributed by atoms with van der Waals surface area (Å²) in [4.78, 5) is 21.4. The lowest BCUT2D eigenvalue weighted by atomic mass is 10.1. The molecule has 1 saturated heterocycles. The number of amides is 1. The SMILES string of the molecule is CSC(=Nc1ccc(C(=O)N2CCN(CC=Cc3ccccc3)CC2)cc1)NC#N. The van der Waals surface area contributed by atoms with Crippen LogP contribution in [0.5, 0.6) is 0 Å². The lowest BCUT2D eigenvalue weighted by Gasteiger charge is -2.34. The summed E-state index contributed by atoms with van der Waals surface area (Å²) in [5, 5.41) is 11.8. The van der Waals surface area contributed by atoms with Gasteiger partial charge in [0.05, 0.1) is 5.69 Å². The average Bonchev–Trinajstić information content (AvgIpc) is 2.80. The Bertz CT molecular complexity index is 926. The molecule has 0 aromatic heterocycles. The van der Waals surface area contributed by atoms with Gasteiger partial charge in [0.2, 0.25) is 0 Å². The molecule has 1 heterocycles. The van der Waals surface area contributed by atoms with Crippen LogP contribution in [0.15, 0.2) is 65.7 Å². The van der Waals surface area contributed by atoms with Crippen molar-refractivity contribution in [3.63, 3.8) is 0 Å². The molecule has 1 amide bonds. The van der Waals surface area contributed by atoms with Crippen molar-refractivity contribution in [2.24, 2.45) is 4.99 Å². The van der Waals surface area contributed by atoms with E-state index in [9.17, 15) is 4.79 Å². The number of piperazine rings is 1. The number of nitriles is 1. The highest BCUT2D eigenvalue weighted by Crippen LogP contribution is 2.17. The first kappa shape index (κ1) is 21.6. The van der Waals surface area contributed by atoms with E-state index in [0.717, 1.165) is 32.7 Å². The summed E-state index contributed by atoms with van der Waals surface area (Å²) in [6.07, 6.45) is 8.02. The Kier molecular flexibility index (Phi) is 8.07. The van der Waals surface area contributed by atoms with Crippen molar-refractivity contribution < 1.29 is 4.79 Å². The fraction of sp³-hybridized carbons (Fsp3) is 0.261. The number of carbonyl (C=O) groups excluding carboxylic acids is 1. The molecule has 3 rings (SSSR count). The van der Waals surface area contributed by atoms with E-state index in [4.69, 9.17) is 5.26 Å². The molecule has 6 nitrogen and oxygen atoms in total. The summed E-state index contributed by atoms with van der Waals surface area (Å²) >= 11 is 1.36. The van der Waals surface area contributed by atoms with Gasteiger partial charge in [0.25, 0.3) is 5.91 Å². The zero-order valence-corrected chi connectivity index (χ0v) is 17.8. The highest BCUT2D eigenvalue weighted by Gasteiger charge is 2.21. The van der Waals surface area contributed by atoms with Crippen molar-refractivity contribution in [1.82, 2.24) is 15.1 Å². The van der Waals surface area contributed by atoms with Crippen LogP contribution < -0.4 is 5.32 Å². The number of benzene rings is 2. The van der Waals surface area contributed by atoms with Crippen molar-refractivity contribution >= 4 is 34.6 Å². The number of thioether (sulfide) groups is 1. The Morgan fingerprint density at radius 3 is 2.47 bits per heavy atom. The number of aliphatic imine (C=N–C) groups is 1. The summed E-state index contributed by atoms with van der Waals surface area (Å²) in [5.41, 5.74) is 2.56. The third-order valence-corrected chi connectivity index (χ3v) is 5.41. The van der Waals surface area contributed by atoms with Gasteiger partial charge in [0.1, 0.15) is 0 Å². The van der Waals surface area contributed by atoms with Crippen LogP contribution in [-0.2, 0) is 0 Å². The van der Waals surface area contributed by atoms with E-state index in [-0.39, 0.29) is 5.91 Å². The number of rotatable bonds is 5. The molecule has 1 N–H and O–H groups in total. The monoisotopic (exact) mass is 419 g/mol. The van der Waals surface area contributed by atoms with Gasteiger partial charge in [-0.05, 0) is 36.1 Å². The minimum atomic E-state index is 0.0465. The second-order valence-corrected chi connectivity index (χ2v) is 7.61. The highest BCUT2D eigenvalue weighted by molar-refractivity contribution is 8.13. The van der Waals surface area contributed by atoms with Gasteiger partial charge in [0, 0.05) is 38.3 Å². The quantitative estimate of drug-likeness (QED) is 0.347. The molecule has 2 aromatic carbocycles. The van der Waals surface area contributed by atoms with E-state index >= 15 is 0 Å². The van der Waals surface area contributed by atoms with Gasteiger partial charge >= 0.3 is 0 Å². The van der Waals surface area contributed by atoms with Crippen LogP contribution in [0.25, 0.3) is 6.08 Å². The number of carbonyl (C=O) groups is 1. The summed E-state index contributed by atoms with van der Waals surface area (Å²) in [6, 6.07) is 17.4. The Balaban J connectivity index is 1.50. The molecule has 1 aliphatic heterocycles. The van der Waals surface area contributed by atoms with E-state index in [0.29, 0.717) is 16.4 Å². The summed E-state index contributed by atoms with van der Waals surface area (Å²) in [6.45, 7) is 4.06. The fourth-order valence-electron chi connectivity index (χ4n) is 3.19. The smallest absolute Gasteiger partial charge is 0.253 e. The maximum absolute atomic E-state index is 12.8. The van der Waals surface area contributed by atoms with Crippen molar-refractivity contribution in [2.75, 3.05) is 39.0 Å². The first-order valence-corrected chi connectivity index (χ1v) is 11.0. The molecule has 1 fully saturated rings. The van der Waals surface area contributed by atoms with Gasteiger partial charge in [-0.2, -0.15) is 5.26 Å². The third-order valence-electron chi connectivity index (χ3n) is 4.83. The van der Waals surface area contributed by atoms with Crippen molar-refractivity contribution in [1.29, 1.82) is 5.26 Å². The molecular formula is C23H25N5OS. The van der Waals surface area contributed by atoms with Crippen molar-refractivity contribution in [3.8, 4) is 6.19 Å². The molecule has 0 radical (unpaired) electrons. The summed E-state index contributed by atoms with van der Waals surface area (Å²) in [7, 11) is 0. The van der Waals surface area contributed by atoms with Gasteiger partial charge in [-0.15, -0.1) is 0 Å². The predicted molar refractivity (Wildman–Crippen MR) is 124 cm³/mol. The first-order chi connectivity index (χ1) is 14.7. The summed E-state index contributed by atoms with van der Waals surface area (Å²) < 4.78 is 0. The molecule has 0 spiro atoms. The molecule has 0 bridgehead atoms. The van der Waals surface area contributed by atoms with Crippen LogP contribution >= 0.6 is 11.8 Å². The zero-order chi connectivity index (χ0) is 21.2. The highest BCUT2D eigenvalue weighted by atomic mass is 32.2. The van der Waals surface area contributed by atoms with E-state index in [2.05, 4.69) is 39.5 Å². The van der Waals surface area contributed by atoms with Gasteiger partial charge in [-0.3, -0.25) is 15.0 Å². The second-order valence-electron chi connectivity index (χ2n) is 6.81. The number of amidine groups is 1. The van der Waals surface area contributed by atoms with Crippen LogP contribution in [0.1, 0.15) is 15.9 Å². The predicted octanol–water partition coefficient (Wildman–Crippen LogP) is 3.58. The van der Waals surface area contributed by atoms with Gasteiger partial charge in [-0.1, -0.05) is 54.2 Å². The Labute approximate surface area is 181 Å². The number of nitrogens with one attached hydrogen (secondary N) is 1. The van der Waals surface area contributed by atoms with Crippen LogP contribution in [0, 0.1) is 11.5 Å². The molecule has 0 aliphatic carbocycles. The third kappa shape index (κ3) is 6.21.